The lowest BCUT2D eigenvalue weighted by Crippen LogP contribution is -1.92. The van der Waals surface area contributed by atoms with Crippen LogP contribution in [0, 0.1) is 0 Å². The summed E-state index contributed by atoms with van der Waals surface area (Å²) in [6.45, 7) is 0. The third-order valence-corrected chi connectivity index (χ3v) is 9.49. The Morgan fingerprint density at radius 3 is 2.02 bits per heavy atom. The highest BCUT2D eigenvalue weighted by atomic mass is 16.3. The van der Waals surface area contributed by atoms with E-state index in [1.165, 1.54) is 32.7 Å². The number of hydrogen-bond acceptors (Lipinski definition) is 3. The fraction of sp³-hybridized carbons (Fsp3) is 0. The van der Waals surface area contributed by atoms with Gasteiger partial charge in [-0.2, -0.15) is 0 Å². The topological polar surface area (TPSA) is 38.9 Å². The first-order chi connectivity index (χ1) is 23.3. The molecule has 47 heavy (non-hydrogen) atoms. The zero-order chi connectivity index (χ0) is 30.9. The average molecular weight is 599 g/mol. The zero-order valence-electron chi connectivity index (χ0n) is 25.3. The molecule has 0 fully saturated rings. The second kappa shape index (κ2) is 10.1. The van der Waals surface area contributed by atoms with Crippen LogP contribution in [0.5, 0.6) is 0 Å². The molecule has 2 heterocycles. The molecule has 0 atom stereocenters. The van der Waals surface area contributed by atoms with E-state index >= 15 is 0 Å². The Labute approximate surface area is 270 Å². The molecular formula is C44H26N2O. The maximum Gasteiger partial charge on any atom is 0.159 e. The van der Waals surface area contributed by atoms with Gasteiger partial charge < -0.3 is 4.42 Å². The van der Waals surface area contributed by atoms with E-state index in [-0.39, 0.29) is 0 Å². The quantitative estimate of drug-likeness (QED) is 0.190. The normalized spacial score (nSPS) is 11.8. The van der Waals surface area contributed by atoms with Crippen molar-refractivity contribution in [2.24, 2.45) is 0 Å². The second-order valence-corrected chi connectivity index (χ2v) is 12.1. The average Bonchev–Trinajstić information content (AvgIpc) is 3.52. The van der Waals surface area contributed by atoms with Crippen molar-refractivity contribution in [1.29, 1.82) is 0 Å². The molecule has 0 saturated carbocycles. The number of benzene rings is 8. The summed E-state index contributed by atoms with van der Waals surface area (Å²) < 4.78 is 6.51. The number of furan rings is 1. The summed E-state index contributed by atoms with van der Waals surface area (Å²) >= 11 is 0. The van der Waals surface area contributed by atoms with Gasteiger partial charge in [-0.25, -0.2) is 9.97 Å². The van der Waals surface area contributed by atoms with Gasteiger partial charge >= 0.3 is 0 Å². The number of rotatable bonds is 3. The molecule has 218 valence electrons. The van der Waals surface area contributed by atoms with E-state index in [9.17, 15) is 0 Å². The monoisotopic (exact) mass is 598 g/mol. The number of nitrogens with zero attached hydrogens (tertiary/aromatic N) is 2. The summed E-state index contributed by atoms with van der Waals surface area (Å²) in [5.41, 5.74) is 8.32. The van der Waals surface area contributed by atoms with Crippen LogP contribution >= 0.6 is 0 Å². The van der Waals surface area contributed by atoms with Crippen LogP contribution in [0.2, 0.25) is 0 Å². The van der Waals surface area contributed by atoms with Crippen LogP contribution in [0.4, 0.5) is 0 Å². The molecule has 0 aliphatic carbocycles. The van der Waals surface area contributed by atoms with E-state index in [1.807, 2.05) is 24.4 Å². The molecule has 0 aliphatic rings. The molecule has 0 spiro atoms. The predicted molar refractivity (Wildman–Crippen MR) is 196 cm³/mol. The minimum absolute atomic E-state index is 0.722. The van der Waals surface area contributed by atoms with Gasteiger partial charge in [0.15, 0.2) is 5.82 Å². The minimum atomic E-state index is 0.722. The van der Waals surface area contributed by atoms with Crippen molar-refractivity contribution in [2.75, 3.05) is 0 Å². The predicted octanol–water partition coefficient (Wildman–Crippen LogP) is 12.0. The summed E-state index contributed by atoms with van der Waals surface area (Å²) in [5, 5.41) is 10.5. The summed E-state index contributed by atoms with van der Waals surface area (Å²) in [4.78, 5) is 9.88. The van der Waals surface area contributed by atoms with Gasteiger partial charge in [0.2, 0.25) is 0 Å². The third-order valence-electron chi connectivity index (χ3n) is 9.49. The molecular weight excluding hydrogens is 572 g/mol. The van der Waals surface area contributed by atoms with Crippen LogP contribution in [-0.2, 0) is 0 Å². The summed E-state index contributed by atoms with van der Waals surface area (Å²) in [6.07, 6.45) is 1.94. The maximum atomic E-state index is 6.51. The standard InChI is InChI=1S/C44H26N2O/c1-2-10-28(11-3-1)44-45-26-31-21-20-27-13-8-17-35(41(27)43(31)46-44)36-18-9-19-40-42(36)38-25-30(22-23-39(38)47-40)37-24-29-12-4-5-14-32(29)33-15-6-7-16-34(33)37/h1-26H. The fourth-order valence-electron chi connectivity index (χ4n) is 7.33. The van der Waals surface area contributed by atoms with Crippen LogP contribution in [0.15, 0.2) is 162 Å². The molecule has 0 bridgehead atoms. The molecule has 2 aromatic heterocycles. The van der Waals surface area contributed by atoms with Crippen molar-refractivity contribution in [1.82, 2.24) is 9.97 Å². The molecule has 8 aromatic carbocycles. The van der Waals surface area contributed by atoms with Gasteiger partial charge in [0.05, 0.1) is 5.52 Å². The molecule has 10 aromatic rings. The van der Waals surface area contributed by atoms with E-state index in [0.717, 1.165) is 66.1 Å². The molecule has 0 unspecified atom stereocenters. The highest BCUT2D eigenvalue weighted by molar-refractivity contribution is 6.20. The first-order valence-electron chi connectivity index (χ1n) is 15.9. The smallest absolute Gasteiger partial charge is 0.159 e. The summed E-state index contributed by atoms with van der Waals surface area (Å²) in [7, 11) is 0. The number of fused-ring (bicyclic) bond motifs is 9. The Bertz CT molecular complexity index is 2850. The lowest BCUT2D eigenvalue weighted by atomic mass is 9.91. The molecule has 0 saturated heterocycles. The van der Waals surface area contributed by atoms with Crippen molar-refractivity contribution in [3.8, 4) is 33.6 Å². The fourth-order valence-corrected chi connectivity index (χ4v) is 7.33. The van der Waals surface area contributed by atoms with Gasteiger partial charge in [0, 0.05) is 33.3 Å². The van der Waals surface area contributed by atoms with E-state index in [1.54, 1.807) is 0 Å². The largest absolute Gasteiger partial charge is 0.456 e. The van der Waals surface area contributed by atoms with Crippen LogP contribution in [0.25, 0.3) is 98.8 Å². The molecule has 0 radical (unpaired) electrons. The van der Waals surface area contributed by atoms with Crippen molar-refractivity contribution in [3.05, 3.63) is 158 Å². The first kappa shape index (κ1) is 26.0. The van der Waals surface area contributed by atoms with Gasteiger partial charge in [-0.05, 0) is 73.5 Å². The minimum Gasteiger partial charge on any atom is -0.456 e. The second-order valence-electron chi connectivity index (χ2n) is 12.1. The van der Waals surface area contributed by atoms with E-state index in [0.29, 0.717) is 0 Å². The van der Waals surface area contributed by atoms with Crippen molar-refractivity contribution < 1.29 is 4.42 Å². The lowest BCUT2D eigenvalue weighted by molar-refractivity contribution is 0.669. The maximum absolute atomic E-state index is 6.51. The van der Waals surface area contributed by atoms with Gasteiger partial charge in [-0.3, -0.25) is 0 Å². The summed E-state index contributed by atoms with van der Waals surface area (Å²) in [6, 6.07) is 53.6. The molecule has 0 N–H and O–H groups in total. The lowest BCUT2D eigenvalue weighted by Gasteiger charge is -2.12. The van der Waals surface area contributed by atoms with Crippen molar-refractivity contribution in [2.45, 2.75) is 0 Å². The zero-order valence-corrected chi connectivity index (χ0v) is 25.3. The van der Waals surface area contributed by atoms with Gasteiger partial charge in [-0.1, -0.05) is 127 Å². The molecule has 3 heteroatoms. The van der Waals surface area contributed by atoms with E-state index in [2.05, 4.69) is 133 Å². The van der Waals surface area contributed by atoms with Crippen LogP contribution < -0.4 is 0 Å². The SMILES string of the molecule is c1ccc(-c2ncc3ccc4cccc(-c5cccc6oc7ccc(-c8cc9ccccc9c9ccccc89)cc7c56)c4c3n2)cc1. The number of aromatic nitrogens is 2. The Hall–Kier alpha value is -6.32. The number of hydrogen-bond donors (Lipinski definition) is 0. The van der Waals surface area contributed by atoms with Gasteiger partial charge in [0.25, 0.3) is 0 Å². The highest BCUT2D eigenvalue weighted by Gasteiger charge is 2.18. The molecule has 3 nitrogen and oxygen atoms in total. The van der Waals surface area contributed by atoms with E-state index < -0.39 is 0 Å². The van der Waals surface area contributed by atoms with Crippen LogP contribution in [-0.4, -0.2) is 9.97 Å². The Morgan fingerprint density at radius 2 is 1.13 bits per heavy atom. The molecule has 0 aliphatic heterocycles. The van der Waals surface area contributed by atoms with Gasteiger partial charge in [0.1, 0.15) is 11.2 Å². The first-order valence-corrected chi connectivity index (χ1v) is 15.9. The summed E-state index contributed by atoms with van der Waals surface area (Å²) in [5.74, 6) is 0.722. The Kier molecular flexibility index (Phi) is 5.57. The Morgan fingerprint density at radius 1 is 0.404 bits per heavy atom. The Balaban J connectivity index is 1.25. The van der Waals surface area contributed by atoms with Crippen LogP contribution in [0.1, 0.15) is 0 Å². The third kappa shape index (κ3) is 4.00. The van der Waals surface area contributed by atoms with Crippen LogP contribution in [0.3, 0.4) is 0 Å². The van der Waals surface area contributed by atoms with Gasteiger partial charge in [-0.15, -0.1) is 0 Å². The molecule has 0 amide bonds. The van der Waals surface area contributed by atoms with Crippen molar-refractivity contribution >= 4 is 65.2 Å². The molecule has 10 rings (SSSR count). The van der Waals surface area contributed by atoms with Crippen molar-refractivity contribution in [3.63, 3.8) is 0 Å². The highest BCUT2D eigenvalue weighted by Crippen LogP contribution is 2.43. The van der Waals surface area contributed by atoms with E-state index in [4.69, 9.17) is 14.4 Å².